The van der Waals surface area contributed by atoms with Gasteiger partial charge in [0.25, 0.3) is 5.91 Å². The lowest BCUT2D eigenvalue weighted by Crippen LogP contribution is -2.42. The number of likely N-dealkylation sites (tertiary alicyclic amines) is 1. The standard InChI is InChI=1S/C22H25ClN2O4/c1-28-19-11-17(12-20(13-19)29-2)22(27)25-9-7-16(8-10-25)21(26)24-14-15-3-5-18(23)6-4-15/h3-6,11-13,16H,7-10,14H2,1-2H3,(H,24,26). The molecule has 0 aromatic heterocycles. The largest absolute Gasteiger partial charge is 0.497 e. The van der Waals surface area contributed by atoms with E-state index >= 15 is 0 Å². The summed E-state index contributed by atoms with van der Waals surface area (Å²) in [5, 5.41) is 3.65. The molecule has 7 heteroatoms. The van der Waals surface area contributed by atoms with Gasteiger partial charge in [-0.1, -0.05) is 23.7 Å². The lowest BCUT2D eigenvalue weighted by atomic mass is 9.95. The lowest BCUT2D eigenvalue weighted by molar-refractivity contribution is -0.126. The zero-order valence-corrected chi connectivity index (χ0v) is 17.4. The van der Waals surface area contributed by atoms with E-state index in [0.29, 0.717) is 54.6 Å². The van der Waals surface area contributed by atoms with Crippen molar-refractivity contribution in [2.24, 2.45) is 5.92 Å². The Balaban J connectivity index is 1.53. The van der Waals surface area contributed by atoms with Crippen LogP contribution in [0.4, 0.5) is 0 Å². The number of ether oxygens (including phenoxy) is 2. The second-order valence-corrected chi connectivity index (χ2v) is 7.45. The Morgan fingerprint density at radius 2 is 1.62 bits per heavy atom. The Morgan fingerprint density at radius 3 is 2.17 bits per heavy atom. The van der Waals surface area contributed by atoms with Crippen LogP contribution in [0.5, 0.6) is 11.5 Å². The number of hydrogen-bond donors (Lipinski definition) is 1. The molecule has 3 rings (SSSR count). The van der Waals surface area contributed by atoms with E-state index in [1.54, 1.807) is 49.5 Å². The third-order valence-electron chi connectivity index (χ3n) is 5.13. The average molecular weight is 417 g/mol. The van der Waals surface area contributed by atoms with Crippen molar-refractivity contribution in [2.45, 2.75) is 19.4 Å². The van der Waals surface area contributed by atoms with E-state index in [0.717, 1.165) is 5.56 Å². The fourth-order valence-corrected chi connectivity index (χ4v) is 3.52. The third-order valence-corrected chi connectivity index (χ3v) is 5.38. The molecule has 1 N–H and O–H groups in total. The van der Waals surface area contributed by atoms with Crippen molar-refractivity contribution in [3.05, 3.63) is 58.6 Å². The van der Waals surface area contributed by atoms with E-state index in [1.165, 1.54) is 0 Å². The number of carbonyl (C=O) groups excluding carboxylic acids is 2. The summed E-state index contributed by atoms with van der Waals surface area (Å²) in [6.07, 6.45) is 1.28. The quantitative estimate of drug-likeness (QED) is 0.782. The number of nitrogens with zero attached hydrogens (tertiary/aromatic N) is 1. The van der Waals surface area contributed by atoms with Crippen molar-refractivity contribution in [3.8, 4) is 11.5 Å². The summed E-state index contributed by atoms with van der Waals surface area (Å²) in [7, 11) is 3.11. The number of hydrogen-bond acceptors (Lipinski definition) is 4. The van der Waals surface area contributed by atoms with Crippen molar-refractivity contribution in [1.82, 2.24) is 10.2 Å². The molecule has 0 aliphatic carbocycles. The van der Waals surface area contributed by atoms with E-state index in [9.17, 15) is 9.59 Å². The van der Waals surface area contributed by atoms with E-state index in [1.807, 2.05) is 12.1 Å². The highest BCUT2D eigenvalue weighted by Crippen LogP contribution is 2.25. The molecule has 0 spiro atoms. The van der Waals surface area contributed by atoms with Gasteiger partial charge in [-0.3, -0.25) is 9.59 Å². The molecule has 154 valence electrons. The first-order valence-electron chi connectivity index (χ1n) is 9.54. The fourth-order valence-electron chi connectivity index (χ4n) is 3.39. The highest BCUT2D eigenvalue weighted by molar-refractivity contribution is 6.30. The number of rotatable bonds is 6. The van der Waals surface area contributed by atoms with E-state index in [-0.39, 0.29) is 17.7 Å². The van der Waals surface area contributed by atoms with Crippen molar-refractivity contribution >= 4 is 23.4 Å². The van der Waals surface area contributed by atoms with Gasteiger partial charge in [0, 0.05) is 42.2 Å². The Morgan fingerprint density at radius 1 is 1.03 bits per heavy atom. The summed E-state index contributed by atoms with van der Waals surface area (Å²) in [6, 6.07) is 12.5. The fraction of sp³-hybridized carbons (Fsp3) is 0.364. The molecule has 2 aromatic carbocycles. The van der Waals surface area contributed by atoms with Crippen LogP contribution in [0, 0.1) is 5.92 Å². The number of nitrogens with one attached hydrogen (secondary N) is 1. The molecule has 2 amide bonds. The predicted molar refractivity (Wildman–Crippen MR) is 111 cm³/mol. The van der Waals surface area contributed by atoms with Crippen molar-refractivity contribution in [1.29, 1.82) is 0 Å². The number of halogens is 1. The smallest absolute Gasteiger partial charge is 0.254 e. The molecule has 0 bridgehead atoms. The van der Waals surface area contributed by atoms with Crippen LogP contribution in [0.25, 0.3) is 0 Å². The summed E-state index contributed by atoms with van der Waals surface area (Å²) in [5.74, 6) is 0.997. The van der Waals surface area contributed by atoms with Gasteiger partial charge in [-0.25, -0.2) is 0 Å². The maximum atomic E-state index is 12.9. The summed E-state index contributed by atoms with van der Waals surface area (Å²) < 4.78 is 10.5. The number of piperidine rings is 1. The Kier molecular flexibility index (Phi) is 6.99. The summed E-state index contributed by atoms with van der Waals surface area (Å²) in [6.45, 7) is 1.55. The van der Waals surface area contributed by atoms with Crippen LogP contribution in [0.15, 0.2) is 42.5 Å². The normalized spacial score (nSPS) is 14.4. The number of benzene rings is 2. The molecule has 1 aliphatic rings. The van der Waals surface area contributed by atoms with Crippen molar-refractivity contribution < 1.29 is 19.1 Å². The van der Waals surface area contributed by atoms with Crippen LogP contribution >= 0.6 is 11.6 Å². The lowest BCUT2D eigenvalue weighted by Gasteiger charge is -2.31. The Labute approximate surface area is 175 Å². The maximum absolute atomic E-state index is 12.9. The maximum Gasteiger partial charge on any atom is 0.254 e. The first-order chi connectivity index (χ1) is 14.0. The highest BCUT2D eigenvalue weighted by Gasteiger charge is 2.28. The van der Waals surface area contributed by atoms with Crippen LogP contribution in [0.1, 0.15) is 28.8 Å². The van der Waals surface area contributed by atoms with Gasteiger partial charge >= 0.3 is 0 Å². The summed E-state index contributed by atoms with van der Waals surface area (Å²) in [5.41, 5.74) is 1.52. The van der Waals surface area contributed by atoms with Crippen LogP contribution in [-0.4, -0.2) is 44.0 Å². The molecule has 0 unspecified atom stereocenters. The average Bonchev–Trinajstić information content (AvgIpc) is 2.77. The van der Waals surface area contributed by atoms with Gasteiger partial charge in [-0.2, -0.15) is 0 Å². The zero-order valence-electron chi connectivity index (χ0n) is 16.6. The minimum Gasteiger partial charge on any atom is -0.497 e. The molecular weight excluding hydrogens is 392 g/mol. The molecular formula is C22H25ClN2O4. The molecule has 1 saturated heterocycles. The number of amides is 2. The summed E-state index contributed by atoms with van der Waals surface area (Å²) >= 11 is 5.88. The SMILES string of the molecule is COc1cc(OC)cc(C(=O)N2CCC(C(=O)NCc3ccc(Cl)cc3)CC2)c1. The van der Waals surface area contributed by atoms with Crippen LogP contribution in [0.2, 0.25) is 5.02 Å². The minimum atomic E-state index is -0.0915. The number of carbonyl (C=O) groups is 2. The van der Waals surface area contributed by atoms with E-state index in [4.69, 9.17) is 21.1 Å². The molecule has 1 heterocycles. The van der Waals surface area contributed by atoms with Crippen LogP contribution < -0.4 is 14.8 Å². The van der Waals surface area contributed by atoms with Crippen molar-refractivity contribution in [2.75, 3.05) is 27.3 Å². The minimum absolute atomic E-state index is 0.0232. The number of methoxy groups -OCH3 is 2. The van der Waals surface area contributed by atoms with Gasteiger partial charge in [-0.15, -0.1) is 0 Å². The second-order valence-electron chi connectivity index (χ2n) is 7.01. The van der Waals surface area contributed by atoms with Gasteiger partial charge < -0.3 is 19.7 Å². The highest BCUT2D eigenvalue weighted by atomic mass is 35.5. The van der Waals surface area contributed by atoms with Crippen LogP contribution in [0.3, 0.4) is 0 Å². The van der Waals surface area contributed by atoms with E-state index < -0.39 is 0 Å². The molecule has 29 heavy (non-hydrogen) atoms. The van der Waals surface area contributed by atoms with Gasteiger partial charge in [0.2, 0.25) is 5.91 Å². The Hall–Kier alpha value is -2.73. The Bertz CT molecular complexity index is 839. The third kappa shape index (κ3) is 5.41. The second kappa shape index (κ2) is 9.65. The monoisotopic (exact) mass is 416 g/mol. The first kappa shape index (κ1) is 21.0. The van der Waals surface area contributed by atoms with Gasteiger partial charge in [0.15, 0.2) is 0 Å². The molecule has 2 aromatic rings. The molecule has 0 saturated carbocycles. The van der Waals surface area contributed by atoms with E-state index in [2.05, 4.69) is 5.32 Å². The molecule has 0 radical (unpaired) electrons. The molecule has 0 atom stereocenters. The van der Waals surface area contributed by atoms with Gasteiger partial charge in [-0.05, 0) is 42.7 Å². The van der Waals surface area contributed by atoms with Crippen LogP contribution in [-0.2, 0) is 11.3 Å². The zero-order chi connectivity index (χ0) is 20.8. The predicted octanol–water partition coefficient (Wildman–Crippen LogP) is 3.53. The first-order valence-corrected chi connectivity index (χ1v) is 9.92. The topological polar surface area (TPSA) is 67.9 Å². The molecule has 1 fully saturated rings. The molecule has 6 nitrogen and oxygen atoms in total. The molecule has 1 aliphatic heterocycles. The van der Waals surface area contributed by atoms with Gasteiger partial charge in [0.05, 0.1) is 14.2 Å². The van der Waals surface area contributed by atoms with Gasteiger partial charge in [0.1, 0.15) is 11.5 Å². The summed E-state index contributed by atoms with van der Waals surface area (Å²) in [4.78, 5) is 27.1. The van der Waals surface area contributed by atoms with Crippen molar-refractivity contribution in [3.63, 3.8) is 0 Å².